The Kier molecular flexibility index (Phi) is 9.77. The maximum absolute atomic E-state index is 5.94. The molecule has 2 rings (SSSR count). The molecule has 0 aliphatic rings. The number of benzene rings is 2. The fourth-order valence-electron chi connectivity index (χ4n) is 2.42. The van der Waals surface area contributed by atoms with Gasteiger partial charge in [0.25, 0.3) is 0 Å². The number of nitrogens with zero attached hydrogens (tertiary/aromatic N) is 1. The van der Waals surface area contributed by atoms with Crippen molar-refractivity contribution in [3.63, 3.8) is 0 Å². The molecule has 1 unspecified atom stereocenters. The number of rotatable bonds is 8. The highest BCUT2D eigenvalue weighted by Gasteiger charge is 2.06. The van der Waals surface area contributed by atoms with Crippen LogP contribution in [0.15, 0.2) is 47.5 Å². The van der Waals surface area contributed by atoms with E-state index in [1.807, 2.05) is 56.3 Å². The number of nitrogens with two attached hydrogens (primary N) is 1. The molecule has 0 amide bonds. The second-order valence-corrected chi connectivity index (χ2v) is 6.02. The summed E-state index contributed by atoms with van der Waals surface area (Å²) in [7, 11) is 3.22. The fraction of sp³-hybridized carbons (Fsp3) is 0.350. The molecule has 0 aliphatic carbocycles. The zero-order valence-electron chi connectivity index (χ0n) is 16.2. The summed E-state index contributed by atoms with van der Waals surface area (Å²) in [5.74, 6) is 2.58. The molecule has 1 atom stereocenters. The lowest BCUT2D eigenvalue weighted by molar-refractivity contribution is 0.224. The van der Waals surface area contributed by atoms with Crippen molar-refractivity contribution in [2.24, 2.45) is 10.7 Å². The summed E-state index contributed by atoms with van der Waals surface area (Å²) in [6.07, 6.45) is -0.0355. The van der Waals surface area contributed by atoms with Crippen molar-refractivity contribution in [3.8, 4) is 17.2 Å². The predicted molar refractivity (Wildman–Crippen MR) is 120 cm³/mol. The van der Waals surface area contributed by atoms with Gasteiger partial charge in [-0.2, -0.15) is 0 Å². The van der Waals surface area contributed by atoms with Gasteiger partial charge in [0.2, 0.25) is 0 Å². The third kappa shape index (κ3) is 7.54. The van der Waals surface area contributed by atoms with Crippen LogP contribution in [0.1, 0.15) is 18.1 Å². The van der Waals surface area contributed by atoms with Gasteiger partial charge in [0.1, 0.15) is 11.9 Å². The molecule has 0 aromatic heterocycles. The molecule has 2 aromatic carbocycles. The molecule has 7 heteroatoms. The van der Waals surface area contributed by atoms with Gasteiger partial charge >= 0.3 is 0 Å². The van der Waals surface area contributed by atoms with Gasteiger partial charge in [-0.15, -0.1) is 24.0 Å². The molecule has 0 radical (unpaired) electrons. The minimum absolute atomic E-state index is 0. The lowest BCUT2D eigenvalue weighted by Crippen LogP contribution is -2.38. The van der Waals surface area contributed by atoms with Crippen LogP contribution in [0.4, 0.5) is 0 Å². The Morgan fingerprint density at radius 2 is 1.85 bits per heavy atom. The Bertz CT molecular complexity index is 753. The zero-order valence-corrected chi connectivity index (χ0v) is 18.5. The van der Waals surface area contributed by atoms with E-state index in [0.29, 0.717) is 30.5 Å². The maximum Gasteiger partial charge on any atom is 0.189 e. The van der Waals surface area contributed by atoms with Gasteiger partial charge in [0.15, 0.2) is 17.5 Å². The first kappa shape index (κ1) is 22.9. The van der Waals surface area contributed by atoms with Crippen LogP contribution in [0.3, 0.4) is 0 Å². The first-order chi connectivity index (χ1) is 12.5. The first-order valence-electron chi connectivity index (χ1n) is 8.50. The molecule has 0 bridgehead atoms. The minimum atomic E-state index is -0.0355. The van der Waals surface area contributed by atoms with E-state index < -0.39 is 0 Å². The average Bonchev–Trinajstić information content (AvgIpc) is 2.64. The van der Waals surface area contributed by atoms with Crippen LogP contribution in [0.25, 0.3) is 0 Å². The standard InChI is InChI=1S/C20H27N3O3.HI/c1-14-6-5-7-17(10-14)26-15(2)12-22-20(21)23-13-16-8-9-18(24-3)19(11-16)25-4;/h5-11,15H,12-13H2,1-4H3,(H3,21,22,23);1H. The second kappa shape index (κ2) is 11.5. The normalized spacial score (nSPS) is 11.9. The van der Waals surface area contributed by atoms with E-state index in [1.54, 1.807) is 14.2 Å². The molecular weight excluding hydrogens is 457 g/mol. The average molecular weight is 485 g/mol. The summed E-state index contributed by atoms with van der Waals surface area (Å²) in [5.41, 5.74) is 8.09. The zero-order chi connectivity index (χ0) is 18.9. The SMILES string of the molecule is COc1ccc(CN=C(N)NCC(C)Oc2cccc(C)c2)cc1OC.I. The molecule has 0 saturated heterocycles. The molecule has 148 valence electrons. The van der Waals surface area contributed by atoms with Crippen LogP contribution < -0.4 is 25.3 Å². The highest BCUT2D eigenvalue weighted by Crippen LogP contribution is 2.27. The first-order valence-corrected chi connectivity index (χ1v) is 8.50. The molecule has 2 aromatic rings. The van der Waals surface area contributed by atoms with Crippen molar-refractivity contribution >= 4 is 29.9 Å². The lowest BCUT2D eigenvalue weighted by atomic mass is 10.2. The molecule has 0 heterocycles. The number of halogens is 1. The van der Waals surface area contributed by atoms with E-state index in [4.69, 9.17) is 19.9 Å². The van der Waals surface area contributed by atoms with Gasteiger partial charge in [-0.1, -0.05) is 18.2 Å². The summed E-state index contributed by atoms with van der Waals surface area (Å²) >= 11 is 0. The number of aliphatic imine (C=N–C) groups is 1. The summed E-state index contributed by atoms with van der Waals surface area (Å²) < 4.78 is 16.4. The van der Waals surface area contributed by atoms with Crippen molar-refractivity contribution in [2.75, 3.05) is 20.8 Å². The minimum Gasteiger partial charge on any atom is -0.493 e. The monoisotopic (exact) mass is 485 g/mol. The number of hydrogen-bond acceptors (Lipinski definition) is 4. The molecule has 0 spiro atoms. The largest absolute Gasteiger partial charge is 0.493 e. The van der Waals surface area contributed by atoms with E-state index in [-0.39, 0.29) is 30.1 Å². The summed E-state index contributed by atoms with van der Waals surface area (Å²) in [4.78, 5) is 4.35. The van der Waals surface area contributed by atoms with Crippen LogP contribution in [0, 0.1) is 6.92 Å². The predicted octanol–water partition coefficient (Wildman–Crippen LogP) is 3.50. The van der Waals surface area contributed by atoms with Crippen molar-refractivity contribution < 1.29 is 14.2 Å². The quantitative estimate of drug-likeness (QED) is 0.340. The Labute approximate surface area is 178 Å². The number of hydrogen-bond donors (Lipinski definition) is 2. The summed E-state index contributed by atoms with van der Waals surface area (Å²) in [6, 6.07) is 13.6. The van der Waals surface area contributed by atoms with E-state index in [1.165, 1.54) is 5.56 Å². The third-order valence-electron chi connectivity index (χ3n) is 3.78. The molecule has 6 nitrogen and oxygen atoms in total. The molecule has 0 fully saturated rings. The summed E-state index contributed by atoms with van der Waals surface area (Å²) in [5, 5.41) is 3.09. The van der Waals surface area contributed by atoms with E-state index in [2.05, 4.69) is 10.3 Å². The van der Waals surface area contributed by atoms with E-state index in [0.717, 1.165) is 11.3 Å². The van der Waals surface area contributed by atoms with Gasteiger partial charge in [0, 0.05) is 0 Å². The Morgan fingerprint density at radius 3 is 2.52 bits per heavy atom. The number of guanidine groups is 1. The Hall–Kier alpha value is -2.16. The number of methoxy groups -OCH3 is 2. The van der Waals surface area contributed by atoms with Crippen molar-refractivity contribution in [2.45, 2.75) is 26.5 Å². The number of nitrogens with one attached hydrogen (secondary N) is 1. The van der Waals surface area contributed by atoms with Gasteiger partial charge in [-0.05, 0) is 49.2 Å². The van der Waals surface area contributed by atoms with Crippen molar-refractivity contribution in [1.82, 2.24) is 5.32 Å². The van der Waals surface area contributed by atoms with Crippen LogP contribution in [0.5, 0.6) is 17.2 Å². The molecule has 0 aliphatic heterocycles. The maximum atomic E-state index is 5.94. The van der Waals surface area contributed by atoms with Gasteiger partial charge in [-0.25, -0.2) is 4.99 Å². The Balaban J connectivity index is 0.00000364. The van der Waals surface area contributed by atoms with Crippen molar-refractivity contribution in [3.05, 3.63) is 53.6 Å². The highest BCUT2D eigenvalue weighted by molar-refractivity contribution is 14.0. The third-order valence-corrected chi connectivity index (χ3v) is 3.78. The lowest BCUT2D eigenvalue weighted by Gasteiger charge is -2.16. The van der Waals surface area contributed by atoms with Crippen LogP contribution in [0.2, 0.25) is 0 Å². The van der Waals surface area contributed by atoms with Gasteiger partial charge < -0.3 is 25.3 Å². The fourth-order valence-corrected chi connectivity index (χ4v) is 2.42. The van der Waals surface area contributed by atoms with E-state index in [9.17, 15) is 0 Å². The van der Waals surface area contributed by atoms with Crippen molar-refractivity contribution in [1.29, 1.82) is 0 Å². The number of aryl methyl sites for hydroxylation is 1. The van der Waals surface area contributed by atoms with E-state index >= 15 is 0 Å². The highest BCUT2D eigenvalue weighted by atomic mass is 127. The molecule has 27 heavy (non-hydrogen) atoms. The smallest absolute Gasteiger partial charge is 0.189 e. The molecular formula is C20H28IN3O3. The van der Waals surface area contributed by atoms with Gasteiger partial charge in [-0.3, -0.25) is 0 Å². The molecule has 0 saturated carbocycles. The van der Waals surface area contributed by atoms with Crippen LogP contribution in [-0.2, 0) is 6.54 Å². The van der Waals surface area contributed by atoms with Crippen LogP contribution in [-0.4, -0.2) is 32.8 Å². The summed E-state index contributed by atoms with van der Waals surface area (Å²) in [6.45, 7) is 5.03. The molecule has 3 N–H and O–H groups in total. The van der Waals surface area contributed by atoms with Gasteiger partial charge in [0.05, 0.1) is 27.3 Å². The Morgan fingerprint density at radius 1 is 1.11 bits per heavy atom. The van der Waals surface area contributed by atoms with Crippen LogP contribution >= 0.6 is 24.0 Å². The topological polar surface area (TPSA) is 78.1 Å². The number of ether oxygens (including phenoxy) is 3. The second-order valence-electron chi connectivity index (χ2n) is 6.02.